The number of anilines is 2. The van der Waals surface area contributed by atoms with Crippen molar-refractivity contribution in [1.29, 1.82) is 0 Å². The maximum atomic E-state index is 12.6. The molecule has 2 amide bonds. The lowest BCUT2D eigenvalue weighted by Crippen LogP contribution is -2.31. The Bertz CT molecular complexity index is 1290. The number of hydrogen-bond donors (Lipinski definition) is 4. The van der Waals surface area contributed by atoms with Crippen molar-refractivity contribution in [3.8, 4) is 22.8 Å². The van der Waals surface area contributed by atoms with Crippen LogP contribution in [0.3, 0.4) is 0 Å². The molecule has 4 N–H and O–H groups in total. The molecule has 0 unspecified atom stereocenters. The van der Waals surface area contributed by atoms with Gasteiger partial charge < -0.3 is 15.5 Å². The van der Waals surface area contributed by atoms with Crippen molar-refractivity contribution in [3.63, 3.8) is 0 Å². The fourth-order valence-corrected chi connectivity index (χ4v) is 3.99. The average Bonchev–Trinajstić information content (AvgIpc) is 3.11. The summed E-state index contributed by atoms with van der Waals surface area (Å²) in [5.74, 6) is 0.0566. The van der Waals surface area contributed by atoms with Gasteiger partial charge in [0.25, 0.3) is 0 Å². The molecule has 4 aromatic rings. The van der Waals surface area contributed by atoms with E-state index in [9.17, 15) is 19.8 Å². The van der Waals surface area contributed by atoms with Crippen LogP contribution in [-0.2, 0) is 6.42 Å². The van der Waals surface area contributed by atoms with Crippen molar-refractivity contribution in [1.82, 2.24) is 4.98 Å². The third kappa shape index (κ3) is 4.81. The fourth-order valence-electron chi connectivity index (χ4n) is 3.24. The van der Waals surface area contributed by atoms with Crippen LogP contribution >= 0.6 is 11.3 Å². The molecule has 7 nitrogen and oxygen atoms in total. The number of aromatic hydroxyl groups is 2. The Morgan fingerprint density at radius 3 is 2.38 bits per heavy atom. The predicted octanol–water partition coefficient (Wildman–Crippen LogP) is 4.77. The van der Waals surface area contributed by atoms with E-state index in [4.69, 9.17) is 0 Å². The first-order valence-electron chi connectivity index (χ1n) is 9.83. The molecule has 8 heteroatoms. The average molecular weight is 448 g/mol. The molecule has 0 spiro atoms. The highest BCUT2D eigenvalue weighted by molar-refractivity contribution is 7.09. The van der Waals surface area contributed by atoms with Crippen molar-refractivity contribution in [3.05, 3.63) is 92.9 Å². The summed E-state index contributed by atoms with van der Waals surface area (Å²) in [7, 11) is 1.69. The predicted molar refractivity (Wildman–Crippen MR) is 127 cm³/mol. The second-order valence-electron chi connectivity index (χ2n) is 7.25. The van der Waals surface area contributed by atoms with Crippen LogP contribution in [0.2, 0.25) is 0 Å². The van der Waals surface area contributed by atoms with Crippen LogP contribution in [0.5, 0.6) is 11.6 Å². The van der Waals surface area contributed by atoms with E-state index in [0.717, 1.165) is 33.7 Å². The Balaban J connectivity index is 1.48. The molecule has 0 bridgehead atoms. The number of thiazole rings is 1. The van der Waals surface area contributed by atoms with Crippen molar-refractivity contribution >= 4 is 28.7 Å². The van der Waals surface area contributed by atoms with Crippen molar-refractivity contribution < 1.29 is 15.0 Å². The van der Waals surface area contributed by atoms with Crippen LogP contribution in [0.25, 0.3) is 11.1 Å². The minimum Gasteiger partial charge on any atom is -0.508 e. The Labute approximate surface area is 188 Å². The quantitative estimate of drug-likeness (QED) is 0.331. The van der Waals surface area contributed by atoms with E-state index in [2.05, 4.69) is 10.3 Å². The molecule has 1 heterocycles. The highest BCUT2D eigenvalue weighted by Crippen LogP contribution is 2.27. The number of amides is 2. The summed E-state index contributed by atoms with van der Waals surface area (Å²) in [6, 6.07) is 21.5. The van der Waals surface area contributed by atoms with E-state index in [1.165, 1.54) is 17.0 Å². The molecule has 0 aliphatic carbocycles. The normalized spacial score (nSPS) is 10.7. The van der Waals surface area contributed by atoms with Crippen LogP contribution in [0.1, 0.15) is 10.4 Å². The zero-order chi connectivity index (χ0) is 22.7. The monoisotopic (exact) mass is 447 g/mol. The van der Waals surface area contributed by atoms with Gasteiger partial charge in [0.2, 0.25) is 5.88 Å². The standard InChI is InChI=1S/C24H21N3O4S/c1-27(23(30)25-18-9-11-20(28)12-10-18)19-4-2-3-17(14-19)16-7-5-15(6-8-16)13-21-22(29)26-24(31)32-21/h2-12,14,28-29H,13H2,1H3,(H,25,30)(H,26,31). The van der Waals surface area contributed by atoms with Crippen LogP contribution in [-0.4, -0.2) is 28.3 Å². The number of nitrogens with one attached hydrogen (secondary N) is 2. The van der Waals surface area contributed by atoms with Crippen molar-refractivity contribution in [2.75, 3.05) is 17.3 Å². The second kappa shape index (κ2) is 8.99. The van der Waals surface area contributed by atoms with E-state index in [1.54, 1.807) is 19.2 Å². The molecule has 0 aliphatic rings. The molecule has 0 atom stereocenters. The maximum Gasteiger partial charge on any atom is 0.326 e. The summed E-state index contributed by atoms with van der Waals surface area (Å²) < 4.78 is 0. The number of phenolic OH excluding ortho intramolecular Hbond substituents is 1. The van der Waals surface area contributed by atoms with Gasteiger partial charge in [-0.05, 0) is 53.1 Å². The highest BCUT2D eigenvalue weighted by atomic mass is 32.1. The molecule has 4 rings (SSSR count). The van der Waals surface area contributed by atoms with Gasteiger partial charge in [0.15, 0.2) is 0 Å². The summed E-state index contributed by atoms with van der Waals surface area (Å²) in [6.45, 7) is 0. The van der Waals surface area contributed by atoms with E-state index >= 15 is 0 Å². The van der Waals surface area contributed by atoms with Gasteiger partial charge in [0.05, 0.1) is 4.88 Å². The summed E-state index contributed by atoms with van der Waals surface area (Å²) in [4.78, 5) is 28.2. The van der Waals surface area contributed by atoms with Gasteiger partial charge in [-0.25, -0.2) is 4.79 Å². The first-order valence-corrected chi connectivity index (χ1v) is 10.6. The zero-order valence-corrected chi connectivity index (χ0v) is 18.0. The Kier molecular flexibility index (Phi) is 5.96. The number of urea groups is 1. The van der Waals surface area contributed by atoms with E-state index in [1.807, 2.05) is 48.5 Å². The third-order valence-electron chi connectivity index (χ3n) is 5.01. The van der Waals surface area contributed by atoms with Crippen LogP contribution < -0.4 is 15.1 Å². The molecule has 0 aliphatic heterocycles. The Morgan fingerprint density at radius 2 is 1.72 bits per heavy atom. The zero-order valence-electron chi connectivity index (χ0n) is 17.2. The molecule has 0 saturated heterocycles. The SMILES string of the molecule is CN(C(=O)Nc1ccc(O)cc1)c1cccc(-c2ccc(Cc3sc(=O)[nH]c3O)cc2)c1. The lowest BCUT2D eigenvalue weighted by Gasteiger charge is -2.19. The lowest BCUT2D eigenvalue weighted by atomic mass is 10.0. The van der Waals surface area contributed by atoms with Gasteiger partial charge >= 0.3 is 10.9 Å². The van der Waals surface area contributed by atoms with Crippen molar-refractivity contribution in [2.45, 2.75) is 6.42 Å². The molecular formula is C24H21N3O4S. The number of hydrogen-bond acceptors (Lipinski definition) is 5. The minimum atomic E-state index is -0.298. The number of rotatable bonds is 5. The van der Waals surface area contributed by atoms with E-state index in [0.29, 0.717) is 17.0 Å². The summed E-state index contributed by atoms with van der Waals surface area (Å²) in [6.07, 6.45) is 0.468. The first kappa shape index (κ1) is 21.2. The van der Waals surface area contributed by atoms with Crippen LogP contribution in [0, 0.1) is 0 Å². The Hall–Kier alpha value is -4.04. The maximum absolute atomic E-state index is 12.6. The molecule has 0 saturated carbocycles. The second-order valence-corrected chi connectivity index (χ2v) is 8.31. The van der Waals surface area contributed by atoms with Gasteiger partial charge in [0, 0.05) is 24.8 Å². The smallest absolute Gasteiger partial charge is 0.326 e. The van der Waals surface area contributed by atoms with Gasteiger partial charge in [-0.1, -0.05) is 47.7 Å². The Morgan fingerprint density at radius 1 is 1.00 bits per heavy atom. The number of aromatic amines is 1. The number of nitrogens with zero attached hydrogens (tertiary/aromatic N) is 1. The summed E-state index contributed by atoms with van der Waals surface area (Å²) in [5.41, 5.74) is 4.22. The summed E-state index contributed by atoms with van der Waals surface area (Å²) >= 11 is 1.00. The number of aromatic nitrogens is 1. The number of phenols is 1. The van der Waals surface area contributed by atoms with E-state index < -0.39 is 0 Å². The molecular weight excluding hydrogens is 426 g/mol. The largest absolute Gasteiger partial charge is 0.508 e. The number of H-pyrrole nitrogens is 1. The molecule has 162 valence electrons. The minimum absolute atomic E-state index is 0.0783. The topological polar surface area (TPSA) is 106 Å². The van der Waals surface area contributed by atoms with Crippen molar-refractivity contribution in [2.24, 2.45) is 0 Å². The van der Waals surface area contributed by atoms with Gasteiger partial charge in [0.1, 0.15) is 5.75 Å². The fraction of sp³-hybridized carbons (Fsp3) is 0.0833. The first-order chi connectivity index (χ1) is 15.4. The van der Waals surface area contributed by atoms with Gasteiger partial charge in [-0.2, -0.15) is 0 Å². The van der Waals surface area contributed by atoms with Crippen LogP contribution in [0.4, 0.5) is 16.2 Å². The molecule has 32 heavy (non-hydrogen) atoms. The van der Waals surface area contributed by atoms with E-state index in [-0.39, 0.29) is 22.5 Å². The highest BCUT2D eigenvalue weighted by Gasteiger charge is 2.12. The number of carbonyl (C=O) groups is 1. The number of carbonyl (C=O) groups excluding carboxylic acids is 1. The van der Waals surface area contributed by atoms with Gasteiger partial charge in [-0.15, -0.1) is 0 Å². The molecule has 3 aromatic carbocycles. The van der Waals surface area contributed by atoms with Gasteiger partial charge in [-0.3, -0.25) is 14.7 Å². The third-order valence-corrected chi connectivity index (χ3v) is 5.88. The molecule has 1 aromatic heterocycles. The lowest BCUT2D eigenvalue weighted by molar-refractivity contribution is 0.258. The molecule has 0 radical (unpaired) electrons. The number of benzene rings is 3. The summed E-state index contributed by atoms with van der Waals surface area (Å²) in [5, 5.41) is 21.9. The molecule has 0 fully saturated rings. The van der Waals surface area contributed by atoms with Crippen LogP contribution in [0.15, 0.2) is 77.6 Å².